The summed E-state index contributed by atoms with van der Waals surface area (Å²) in [6, 6.07) is 27.3. The highest BCUT2D eigenvalue weighted by Gasteiger charge is 2.19. The number of carbonyl (C=O) groups excluding carboxylic acids is 1. The number of hydrogen-bond acceptors (Lipinski definition) is 4. The van der Waals surface area contributed by atoms with Gasteiger partial charge < -0.3 is 15.4 Å². The Balaban J connectivity index is 1.33. The summed E-state index contributed by atoms with van der Waals surface area (Å²) in [5.74, 6) is 0.643. The highest BCUT2D eigenvalue weighted by molar-refractivity contribution is 6.30. The van der Waals surface area contributed by atoms with Crippen LogP contribution in [0.1, 0.15) is 29.7 Å². The van der Waals surface area contributed by atoms with Gasteiger partial charge in [-0.05, 0) is 79.5 Å². The Morgan fingerprint density at radius 3 is 2.50 bits per heavy atom. The summed E-state index contributed by atoms with van der Waals surface area (Å²) in [6.45, 7) is 2.20. The fourth-order valence-electron chi connectivity index (χ4n) is 4.31. The van der Waals surface area contributed by atoms with Crippen LogP contribution in [-0.2, 0) is 11.4 Å². The minimum absolute atomic E-state index is 0.0779. The molecule has 0 spiro atoms. The number of aromatic nitrogens is 1. The Labute approximate surface area is 216 Å². The van der Waals surface area contributed by atoms with Crippen LogP contribution in [0.5, 0.6) is 5.75 Å². The highest BCUT2D eigenvalue weighted by Crippen LogP contribution is 2.24. The van der Waals surface area contributed by atoms with Gasteiger partial charge in [0.15, 0.2) is 0 Å². The zero-order valence-corrected chi connectivity index (χ0v) is 20.7. The SMILES string of the molecule is O=C(NC1CCNCC1)/C(=C/c1ccc(Cl)cc1)c1ccc(OCc2ccc3ccccc3n2)cc1. The van der Waals surface area contributed by atoms with E-state index in [4.69, 9.17) is 16.3 Å². The van der Waals surface area contributed by atoms with Crippen LogP contribution in [0.25, 0.3) is 22.6 Å². The Hall–Kier alpha value is -3.67. The summed E-state index contributed by atoms with van der Waals surface area (Å²) >= 11 is 6.05. The third kappa shape index (κ3) is 6.11. The van der Waals surface area contributed by atoms with Gasteiger partial charge in [-0.15, -0.1) is 0 Å². The van der Waals surface area contributed by atoms with Gasteiger partial charge in [-0.2, -0.15) is 0 Å². The van der Waals surface area contributed by atoms with Crippen LogP contribution in [0.4, 0.5) is 0 Å². The molecule has 5 rings (SSSR count). The van der Waals surface area contributed by atoms with E-state index in [0.29, 0.717) is 17.2 Å². The predicted molar refractivity (Wildman–Crippen MR) is 146 cm³/mol. The summed E-state index contributed by atoms with van der Waals surface area (Å²) in [5.41, 5.74) is 4.16. The second kappa shape index (κ2) is 11.4. The molecule has 4 aromatic rings. The number of halogens is 1. The molecule has 0 unspecified atom stereocenters. The van der Waals surface area contributed by atoms with E-state index < -0.39 is 0 Å². The van der Waals surface area contributed by atoms with Crippen molar-refractivity contribution in [2.75, 3.05) is 13.1 Å². The second-order valence-electron chi connectivity index (χ2n) is 8.92. The van der Waals surface area contributed by atoms with Crippen LogP contribution >= 0.6 is 11.6 Å². The van der Waals surface area contributed by atoms with Crippen molar-refractivity contribution in [1.82, 2.24) is 15.6 Å². The molecule has 0 aliphatic carbocycles. The normalized spacial score (nSPS) is 14.5. The molecule has 1 aliphatic rings. The third-order valence-corrected chi connectivity index (χ3v) is 6.56. The maximum Gasteiger partial charge on any atom is 0.252 e. The van der Waals surface area contributed by atoms with E-state index in [1.54, 1.807) is 0 Å². The van der Waals surface area contributed by atoms with Gasteiger partial charge in [-0.3, -0.25) is 4.79 Å². The third-order valence-electron chi connectivity index (χ3n) is 6.31. The molecule has 0 atom stereocenters. The molecule has 2 heterocycles. The van der Waals surface area contributed by atoms with Crippen molar-refractivity contribution in [2.24, 2.45) is 0 Å². The Morgan fingerprint density at radius 2 is 1.72 bits per heavy atom. The number of nitrogens with zero attached hydrogens (tertiary/aromatic N) is 1. The fourth-order valence-corrected chi connectivity index (χ4v) is 4.44. The van der Waals surface area contributed by atoms with Crippen LogP contribution < -0.4 is 15.4 Å². The second-order valence-corrected chi connectivity index (χ2v) is 9.35. The van der Waals surface area contributed by atoms with Gasteiger partial charge in [-0.1, -0.05) is 60.1 Å². The molecule has 0 saturated carbocycles. The average molecular weight is 498 g/mol. The van der Waals surface area contributed by atoms with E-state index in [1.165, 1.54) is 0 Å². The number of para-hydroxylation sites is 1. The molecule has 1 aromatic heterocycles. The number of rotatable bonds is 7. The van der Waals surface area contributed by atoms with Gasteiger partial charge in [0.2, 0.25) is 0 Å². The molecule has 2 N–H and O–H groups in total. The summed E-state index contributed by atoms with van der Waals surface area (Å²) in [6.07, 6.45) is 3.76. The molecule has 1 saturated heterocycles. The lowest BCUT2D eigenvalue weighted by Gasteiger charge is -2.24. The number of nitrogens with one attached hydrogen (secondary N) is 2. The van der Waals surface area contributed by atoms with Crippen LogP contribution in [0.15, 0.2) is 84.9 Å². The van der Waals surface area contributed by atoms with E-state index >= 15 is 0 Å². The predicted octanol–water partition coefficient (Wildman–Crippen LogP) is 5.88. The van der Waals surface area contributed by atoms with Crippen molar-refractivity contribution < 1.29 is 9.53 Å². The Kier molecular flexibility index (Phi) is 7.60. The summed E-state index contributed by atoms with van der Waals surface area (Å²) in [7, 11) is 0. The molecule has 1 amide bonds. The molecule has 3 aromatic carbocycles. The lowest BCUT2D eigenvalue weighted by atomic mass is 10.00. The van der Waals surface area contributed by atoms with Crippen molar-refractivity contribution >= 4 is 40.1 Å². The molecule has 6 heteroatoms. The van der Waals surface area contributed by atoms with Crippen molar-refractivity contribution in [3.05, 3.63) is 107 Å². The number of amides is 1. The number of fused-ring (bicyclic) bond motifs is 1. The van der Waals surface area contributed by atoms with Crippen molar-refractivity contribution in [3.63, 3.8) is 0 Å². The highest BCUT2D eigenvalue weighted by atomic mass is 35.5. The topological polar surface area (TPSA) is 63.2 Å². The van der Waals surface area contributed by atoms with Gasteiger partial charge >= 0.3 is 0 Å². The van der Waals surface area contributed by atoms with E-state index in [9.17, 15) is 4.79 Å². The van der Waals surface area contributed by atoms with Gasteiger partial charge in [0.25, 0.3) is 5.91 Å². The van der Waals surface area contributed by atoms with Crippen LogP contribution in [0, 0.1) is 0 Å². The Morgan fingerprint density at radius 1 is 0.972 bits per heavy atom. The molecule has 0 bridgehead atoms. The van der Waals surface area contributed by atoms with Gasteiger partial charge in [-0.25, -0.2) is 4.98 Å². The largest absolute Gasteiger partial charge is 0.487 e. The molecule has 5 nitrogen and oxygen atoms in total. The minimum atomic E-state index is -0.0779. The molecular weight excluding hydrogens is 470 g/mol. The minimum Gasteiger partial charge on any atom is -0.487 e. The van der Waals surface area contributed by atoms with Crippen LogP contribution in [0.3, 0.4) is 0 Å². The van der Waals surface area contributed by atoms with Gasteiger partial charge in [0, 0.05) is 22.0 Å². The number of ether oxygens (including phenoxy) is 1. The van der Waals surface area contributed by atoms with Gasteiger partial charge in [0.1, 0.15) is 12.4 Å². The van der Waals surface area contributed by atoms with E-state index in [0.717, 1.165) is 59.4 Å². The Bertz CT molecular complexity index is 1360. The first-order valence-electron chi connectivity index (χ1n) is 12.2. The molecule has 1 aliphatic heterocycles. The quantitative estimate of drug-likeness (QED) is 0.247. The van der Waals surface area contributed by atoms with Crippen LogP contribution in [-0.4, -0.2) is 30.0 Å². The number of carbonyl (C=O) groups is 1. The van der Waals surface area contributed by atoms with Gasteiger partial charge in [0.05, 0.1) is 11.2 Å². The number of benzene rings is 3. The maximum absolute atomic E-state index is 13.3. The average Bonchev–Trinajstić information content (AvgIpc) is 2.92. The standard InChI is InChI=1S/C30H28ClN3O2/c31-24-10-5-21(6-11-24)19-28(30(35)34-25-15-17-32-18-16-25)22-8-13-27(14-9-22)36-20-26-12-7-23-3-1-2-4-29(23)33-26/h1-14,19,25,32H,15-18,20H2,(H,34,35)/b28-19+. The molecule has 0 radical (unpaired) electrons. The first kappa shape index (κ1) is 24.0. The van der Waals surface area contributed by atoms with Crippen molar-refractivity contribution in [2.45, 2.75) is 25.5 Å². The summed E-state index contributed by atoms with van der Waals surface area (Å²) in [4.78, 5) is 18.0. The van der Waals surface area contributed by atoms with E-state index in [-0.39, 0.29) is 11.9 Å². The molecular formula is C30H28ClN3O2. The number of pyridine rings is 1. The first-order valence-corrected chi connectivity index (χ1v) is 12.6. The molecule has 36 heavy (non-hydrogen) atoms. The molecule has 1 fully saturated rings. The van der Waals surface area contributed by atoms with Crippen molar-refractivity contribution in [3.8, 4) is 5.75 Å². The monoisotopic (exact) mass is 497 g/mol. The number of hydrogen-bond donors (Lipinski definition) is 2. The smallest absolute Gasteiger partial charge is 0.252 e. The maximum atomic E-state index is 13.3. The van der Waals surface area contributed by atoms with Crippen molar-refractivity contribution in [1.29, 1.82) is 0 Å². The molecule has 182 valence electrons. The zero-order valence-electron chi connectivity index (χ0n) is 19.9. The lowest BCUT2D eigenvalue weighted by molar-refractivity contribution is -0.116. The van der Waals surface area contributed by atoms with Crippen LogP contribution in [0.2, 0.25) is 5.02 Å². The fraction of sp³-hybridized carbons (Fsp3) is 0.200. The zero-order chi connectivity index (χ0) is 24.7. The first-order chi connectivity index (χ1) is 17.6. The summed E-state index contributed by atoms with van der Waals surface area (Å²) < 4.78 is 5.99. The summed E-state index contributed by atoms with van der Waals surface area (Å²) in [5, 5.41) is 8.32. The van der Waals surface area contributed by atoms with E-state index in [2.05, 4.69) is 21.7 Å². The van der Waals surface area contributed by atoms with E-state index in [1.807, 2.05) is 84.9 Å². The lowest BCUT2D eigenvalue weighted by Crippen LogP contribution is -2.42. The number of piperidine rings is 1.